The average molecular weight is 547 g/mol. The normalized spacial score (nSPS) is 31.8. The average Bonchev–Trinajstić information content (AvgIpc) is 3.36. The fraction of sp³-hybridized carbons (Fsp3) is 0.645. The summed E-state index contributed by atoms with van der Waals surface area (Å²) < 4.78 is 27.6. The van der Waals surface area contributed by atoms with Gasteiger partial charge >= 0.3 is 6.01 Å². The number of hydrogen-bond acceptors (Lipinski definition) is 8. The van der Waals surface area contributed by atoms with Crippen molar-refractivity contribution in [3.05, 3.63) is 40.6 Å². The Morgan fingerprint density at radius 2 is 2.08 bits per heavy atom. The van der Waals surface area contributed by atoms with E-state index in [1.165, 1.54) is 11.1 Å². The summed E-state index contributed by atoms with van der Waals surface area (Å²) in [6.07, 6.45) is 8.04. The number of nitriles is 1. The summed E-state index contributed by atoms with van der Waals surface area (Å²) in [6.45, 7) is 3.87. The molecular weight excluding hydrogens is 507 g/mol. The van der Waals surface area contributed by atoms with Gasteiger partial charge in [0.1, 0.15) is 18.6 Å². The summed E-state index contributed by atoms with van der Waals surface area (Å²) in [6, 6.07) is 9.03. The van der Waals surface area contributed by atoms with Gasteiger partial charge in [0.05, 0.1) is 29.5 Å². The van der Waals surface area contributed by atoms with Crippen LogP contribution >= 0.6 is 0 Å². The van der Waals surface area contributed by atoms with Gasteiger partial charge in [-0.3, -0.25) is 4.90 Å². The van der Waals surface area contributed by atoms with E-state index < -0.39 is 11.8 Å². The summed E-state index contributed by atoms with van der Waals surface area (Å²) in [5.41, 5.74) is 10.7. The number of aromatic nitrogens is 2. The van der Waals surface area contributed by atoms with Crippen molar-refractivity contribution < 1.29 is 13.9 Å². The molecule has 0 bridgehead atoms. The first kappa shape index (κ1) is 26.0. The minimum atomic E-state index is -0.801. The number of nitrogens with zero attached hydrogens (tertiary/aromatic N) is 5. The number of benzene rings is 1. The fourth-order valence-electron chi connectivity index (χ4n) is 8.00. The second kappa shape index (κ2) is 10.1. The lowest BCUT2D eigenvalue weighted by atomic mass is 9.74. The highest BCUT2D eigenvalue weighted by atomic mass is 19.1. The van der Waals surface area contributed by atoms with E-state index in [9.17, 15) is 9.65 Å². The molecular formula is C31H39FN6O2. The van der Waals surface area contributed by atoms with E-state index >= 15 is 0 Å². The maximum absolute atomic E-state index is 14.4. The molecule has 1 aromatic carbocycles. The van der Waals surface area contributed by atoms with Crippen LogP contribution in [0.3, 0.4) is 0 Å². The van der Waals surface area contributed by atoms with Gasteiger partial charge in [-0.2, -0.15) is 15.2 Å². The summed E-state index contributed by atoms with van der Waals surface area (Å²) in [5, 5.41) is 9.54. The fourth-order valence-corrected chi connectivity index (χ4v) is 8.00. The van der Waals surface area contributed by atoms with Crippen LogP contribution in [0, 0.1) is 17.2 Å². The van der Waals surface area contributed by atoms with Crippen LogP contribution in [0.15, 0.2) is 18.2 Å². The van der Waals surface area contributed by atoms with E-state index in [4.69, 9.17) is 25.2 Å². The van der Waals surface area contributed by atoms with Gasteiger partial charge in [0.15, 0.2) is 0 Å². The van der Waals surface area contributed by atoms with Crippen LogP contribution in [0.25, 0.3) is 0 Å². The van der Waals surface area contributed by atoms with Gasteiger partial charge in [-0.05, 0) is 81.2 Å². The van der Waals surface area contributed by atoms with Gasteiger partial charge in [0, 0.05) is 49.6 Å². The number of hydrogen-bond donors (Lipinski definition) is 1. The molecule has 5 heterocycles. The second-order valence-corrected chi connectivity index (χ2v) is 12.6. The highest BCUT2D eigenvalue weighted by molar-refractivity contribution is 5.54. The third-order valence-electron chi connectivity index (χ3n) is 10.1. The van der Waals surface area contributed by atoms with Gasteiger partial charge in [-0.15, -0.1) is 0 Å². The van der Waals surface area contributed by atoms with E-state index in [0.717, 1.165) is 93.8 Å². The number of aryl methyl sites for hydroxylation is 1. The number of nitrogens with two attached hydrogens (primary N) is 1. The zero-order chi connectivity index (χ0) is 27.3. The van der Waals surface area contributed by atoms with Crippen LogP contribution in [-0.2, 0) is 29.8 Å². The van der Waals surface area contributed by atoms with Crippen LogP contribution in [0.2, 0.25) is 0 Å². The number of nitrogen functional groups attached to an aromatic ring is 1. The highest BCUT2D eigenvalue weighted by Crippen LogP contribution is 2.47. The molecule has 5 aliphatic rings. The molecule has 1 aliphatic carbocycles. The molecule has 3 fully saturated rings. The van der Waals surface area contributed by atoms with Gasteiger partial charge in [0.25, 0.3) is 0 Å². The Morgan fingerprint density at radius 1 is 1.15 bits per heavy atom. The molecule has 0 radical (unpaired) electrons. The highest BCUT2D eigenvalue weighted by Gasteiger charge is 2.49. The molecule has 8 nitrogen and oxygen atoms in total. The molecule has 1 spiro atoms. The first-order valence-corrected chi connectivity index (χ1v) is 15.1. The van der Waals surface area contributed by atoms with Crippen molar-refractivity contribution in [2.75, 3.05) is 43.4 Å². The summed E-state index contributed by atoms with van der Waals surface area (Å²) in [7, 11) is 0. The lowest BCUT2D eigenvalue weighted by Crippen LogP contribution is -2.44. The van der Waals surface area contributed by atoms with Crippen molar-refractivity contribution in [1.29, 1.82) is 5.26 Å². The van der Waals surface area contributed by atoms with Gasteiger partial charge in [0.2, 0.25) is 0 Å². The van der Waals surface area contributed by atoms with Gasteiger partial charge < -0.3 is 20.1 Å². The lowest BCUT2D eigenvalue weighted by molar-refractivity contribution is -0.0855. The molecule has 7 rings (SSSR count). The topological polar surface area (TPSA) is 101 Å². The minimum absolute atomic E-state index is 0.0746. The number of halogens is 1. The number of fused-ring (bicyclic) bond motifs is 4. The molecule has 2 aromatic rings. The maximum atomic E-state index is 14.4. The third kappa shape index (κ3) is 4.50. The Morgan fingerprint density at radius 3 is 2.98 bits per heavy atom. The third-order valence-corrected chi connectivity index (χ3v) is 10.1. The summed E-state index contributed by atoms with van der Waals surface area (Å²) >= 11 is 0. The minimum Gasteiger partial charge on any atom is -0.461 e. The quantitative estimate of drug-likeness (QED) is 0.562. The van der Waals surface area contributed by atoms with Gasteiger partial charge in [-0.1, -0.05) is 6.07 Å². The Kier molecular flexibility index (Phi) is 6.59. The smallest absolute Gasteiger partial charge is 0.318 e. The van der Waals surface area contributed by atoms with Crippen LogP contribution in [0.1, 0.15) is 73.8 Å². The van der Waals surface area contributed by atoms with E-state index in [-0.39, 0.29) is 11.5 Å². The first-order valence-electron chi connectivity index (χ1n) is 15.1. The summed E-state index contributed by atoms with van der Waals surface area (Å²) in [4.78, 5) is 14.6. The van der Waals surface area contributed by atoms with Crippen molar-refractivity contribution in [3.8, 4) is 12.1 Å². The molecule has 4 aliphatic heterocycles. The Hall–Kier alpha value is -2.96. The van der Waals surface area contributed by atoms with E-state index in [1.807, 2.05) is 6.07 Å². The van der Waals surface area contributed by atoms with E-state index in [0.29, 0.717) is 38.6 Å². The zero-order valence-electron chi connectivity index (χ0n) is 23.2. The van der Waals surface area contributed by atoms with E-state index in [2.05, 4.69) is 28.0 Å². The molecule has 3 saturated heterocycles. The van der Waals surface area contributed by atoms with Gasteiger partial charge in [-0.25, -0.2) is 4.39 Å². The Balaban J connectivity index is 1.24. The van der Waals surface area contributed by atoms with E-state index in [1.54, 1.807) is 0 Å². The monoisotopic (exact) mass is 546 g/mol. The van der Waals surface area contributed by atoms with Crippen LogP contribution in [0.4, 0.5) is 15.9 Å². The molecule has 2 N–H and O–H groups in total. The predicted octanol–water partition coefficient (Wildman–Crippen LogP) is 4.45. The SMILES string of the molecule is N#C[C@@H]1CCCN(c2nc(OC[C@@]34CCCN3C[C@H](F)C4)nc3c2CO[C@@]2(CCCc4ccc(N)cc42)C3)CC1. The number of anilines is 2. The number of ether oxygens (including phenoxy) is 2. The number of rotatable bonds is 4. The Labute approximate surface area is 235 Å². The largest absolute Gasteiger partial charge is 0.461 e. The lowest BCUT2D eigenvalue weighted by Gasteiger charge is -2.43. The molecule has 0 unspecified atom stereocenters. The molecule has 4 atom stereocenters. The van der Waals surface area contributed by atoms with Crippen molar-refractivity contribution in [1.82, 2.24) is 14.9 Å². The maximum Gasteiger partial charge on any atom is 0.318 e. The Bertz CT molecular complexity index is 1330. The first-order chi connectivity index (χ1) is 19.5. The van der Waals surface area contributed by atoms with Crippen molar-refractivity contribution in [3.63, 3.8) is 0 Å². The molecule has 0 amide bonds. The second-order valence-electron chi connectivity index (χ2n) is 12.6. The van der Waals surface area contributed by atoms with Crippen molar-refractivity contribution >= 4 is 11.5 Å². The molecule has 1 aromatic heterocycles. The number of alkyl halides is 1. The van der Waals surface area contributed by atoms with Crippen LogP contribution < -0.4 is 15.4 Å². The zero-order valence-corrected chi connectivity index (χ0v) is 23.2. The summed E-state index contributed by atoms with van der Waals surface area (Å²) in [5.74, 6) is 0.943. The molecule has 0 saturated carbocycles. The standard InChI is InChI=1S/C31H39FN6O2/c32-23-15-30(9-3-12-38(30)18-23)20-39-29-35-27-16-31(10-1-5-22-6-7-24(34)14-26(22)31)40-19-25(27)28(36-29)37-11-2-4-21(17-33)8-13-37/h6-7,14,21,23H,1-5,8-13,15-16,18-20,34H2/t21-,23-,30+,31+/m1/s1. The molecule has 212 valence electrons. The van der Waals surface area contributed by atoms with Crippen molar-refractivity contribution in [2.24, 2.45) is 5.92 Å². The predicted molar refractivity (Wildman–Crippen MR) is 150 cm³/mol. The van der Waals surface area contributed by atoms with Crippen molar-refractivity contribution in [2.45, 2.75) is 88.1 Å². The molecule has 9 heteroatoms. The molecule has 40 heavy (non-hydrogen) atoms. The van der Waals surface area contributed by atoms with Crippen LogP contribution in [0.5, 0.6) is 6.01 Å². The van der Waals surface area contributed by atoms with Crippen LogP contribution in [-0.4, -0.2) is 59.4 Å².